The van der Waals surface area contributed by atoms with Gasteiger partial charge in [-0.25, -0.2) is 9.67 Å². The topological polar surface area (TPSA) is 42.7 Å². The fourth-order valence-corrected chi connectivity index (χ4v) is 2.30. The van der Waals surface area contributed by atoms with Crippen molar-refractivity contribution in [1.82, 2.24) is 20.1 Å². The van der Waals surface area contributed by atoms with Gasteiger partial charge in [-0.2, -0.15) is 5.10 Å². The number of unbranched alkanes of at least 4 members (excludes halogenated alkanes) is 7. The third-order valence-corrected chi connectivity index (χ3v) is 3.59. The predicted octanol–water partition coefficient (Wildman–Crippen LogP) is 3.92. The largest absolute Gasteiger partial charge is 0.308 e. The molecule has 1 heterocycles. The lowest BCUT2D eigenvalue weighted by Crippen LogP contribution is -2.24. The second-order valence-corrected chi connectivity index (χ2v) is 5.91. The van der Waals surface area contributed by atoms with Crippen LogP contribution in [-0.2, 0) is 13.1 Å². The van der Waals surface area contributed by atoms with Crippen molar-refractivity contribution in [2.75, 3.05) is 0 Å². The van der Waals surface area contributed by atoms with Gasteiger partial charge < -0.3 is 5.32 Å². The highest BCUT2D eigenvalue weighted by atomic mass is 15.3. The van der Waals surface area contributed by atoms with Crippen LogP contribution in [0, 0.1) is 0 Å². The summed E-state index contributed by atoms with van der Waals surface area (Å²) in [7, 11) is 0. The zero-order valence-corrected chi connectivity index (χ0v) is 13.6. The van der Waals surface area contributed by atoms with Crippen molar-refractivity contribution in [3.63, 3.8) is 0 Å². The van der Waals surface area contributed by atoms with E-state index in [0.29, 0.717) is 6.04 Å². The highest BCUT2D eigenvalue weighted by Gasteiger charge is 2.04. The van der Waals surface area contributed by atoms with Gasteiger partial charge in [0.15, 0.2) is 0 Å². The van der Waals surface area contributed by atoms with Crippen molar-refractivity contribution in [2.24, 2.45) is 0 Å². The maximum Gasteiger partial charge on any atom is 0.140 e. The van der Waals surface area contributed by atoms with Gasteiger partial charge >= 0.3 is 0 Å². The summed E-state index contributed by atoms with van der Waals surface area (Å²) in [5.74, 6) is 1.06. The molecule has 0 unspecified atom stereocenters. The molecule has 0 aliphatic carbocycles. The molecular formula is C16H32N4. The van der Waals surface area contributed by atoms with Gasteiger partial charge in [0.2, 0.25) is 0 Å². The normalized spacial score (nSPS) is 11.4. The van der Waals surface area contributed by atoms with Crippen LogP contribution in [0.15, 0.2) is 6.33 Å². The minimum atomic E-state index is 0.489. The first-order valence-corrected chi connectivity index (χ1v) is 8.34. The van der Waals surface area contributed by atoms with Crippen molar-refractivity contribution in [3.05, 3.63) is 12.2 Å². The zero-order valence-electron chi connectivity index (χ0n) is 13.6. The molecule has 0 bridgehead atoms. The lowest BCUT2D eigenvalue weighted by Gasteiger charge is -2.09. The fraction of sp³-hybridized carbons (Fsp3) is 0.875. The zero-order chi connectivity index (χ0) is 14.6. The number of hydrogen-bond donors (Lipinski definition) is 1. The Hall–Kier alpha value is -0.900. The Morgan fingerprint density at radius 2 is 1.70 bits per heavy atom. The Balaban J connectivity index is 2.08. The Labute approximate surface area is 124 Å². The SMILES string of the molecule is CCCCCCCCCCn1ncnc1CNC(C)C. The Kier molecular flexibility index (Phi) is 9.29. The van der Waals surface area contributed by atoms with Crippen LogP contribution in [-0.4, -0.2) is 20.8 Å². The van der Waals surface area contributed by atoms with Gasteiger partial charge in [0.25, 0.3) is 0 Å². The van der Waals surface area contributed by atoms with Crippen molar-refractivity contribution >= 4 is 0 Å². The summed E-state index contributed by atoms with van der Waals surface area (Å²) in [4.78, 5) is 4.33. The molecule has 0 aromatic carbocycles. The molecule has 1 aromatic heterocycles. The molecule has 1 aromatic rings. The first kappa shape index (κ1) is 17.2. The molecule has 0 radical (unpaired) electrons. The number of aromatic nitrogens is 3. The summed E-state index contributed by atoms with van der Waals surface area (Å²) in [6.07, 6.45) is 12.5. The standard InChI is InChI=1S/C16H32N4/c1-4-5-6-7-8-9-10-11-12-20-16(18-14-19-20)13-17-15(2)3/h14-15,17H,4-13H2,1-3H3. The molecule has 1 rings (SSSR count). The second kappa shape index (κ2) is 10.8. The highest BCUT2D eigenvalue weighted by Crippen LogP contribution is 2.09. The summed E-state index contributed by atoms with van der Waals surface area (Å²) >= 11 is 0. The molecule has 116 valence electrons. The number of rotatable bonds is 12. The van der Waals surface area contributed by atoms with Crippen molar-refractivity contribution in [3.8, 4) is 0 Å². The monoisotopic (exact) mass is 280 g/mol. The van der Waals surface area contributed by atoms with Gasteiger partial charge in [0.1, 0.15) is 12.2 Å². The molecule has 0 spiro atoms. The summed E-state index contributed by atoms with van der Waals surface area (Å²) < 4.78 is 2.05. The molecule has 0 atom stereocenters. The lowest BCUT2D eigenvalue weighted by atomic mass is 10.1. The Bertz CT molecular complexity index is 333. The minimum Gasteiger partial charge on any atom is -0.308 e. The first-order chi connectivity index (χ1) is 9.74. The van der Waals surface area contributed by atoms with E-state index in [0.717, 1.165) is 18.9 Å². The molecule has 0 fully saturated rings. The van der Waals surface area contributed by atoms with E-state index in [1.165, 1.54) is 51.4 Å². The number of hydrogen-bond acceptors (Lipinski definition) is 3. The van der Waals surface area contributed by atoms with E-state index in [1.54, 1.807) is 6.33 Å². The van der Waals surface area contributed by atoms with Gasteiger partial charge in [0, 0.05) is 12.6 Å². The number of nitrogens with zero attached hydrogens (tertiary/aromatic N) is 3. The average Bonchev–Trinajstić information content (AvgIpc) is 2.87. The van der Waals surface area contributed by atoms with Crippen LogP contribution in [0.4, 0.5) is 0 Å². The van der Waals surface area contributed by atoms with E-state index in [4.69, 9.17) is 0 Å². The quantitative estimate of drug-likeness (QED) is 0.590. The van der Waals surface area contributed by atoms with E-state index in [2.05, 4.69) is 36.2 Å². The molecule has 4 nitrogen and oxygen atoms in total. The molecular weight excluding hydrogens is 248 g/mol. The predicted molar refractivity (Wildman–Crippen MR) is 84.6 cm³/mol. The molecule has 1 N–H and O–H groups in total. The average molecular weight is 280 g/mol. The van der Waals surface area contributed by atoms with Gasteiger partial charge in [-0.3, -0.25) is 0 Å². The van der Waals surface area contributed by atoms with E-state index >= 15 is 0 Å². The summed E-state index contributed by atoms with van der Waals surface area (Å²) in [5, 5.41) is 7.71. The van der Waals surface area contributed by atoms with E-state index < -0.39 is 0 Å². The van der Waals surface area contributed by atoms with Crippen LogP contribution in [0.3, 0.4) is 0 Å². The minimum absolute atomic E-state index is 0.489. The molecule has 0 aliphatic heterocycles. The number of aryl methyl sites for hydroxylation is 1. The molecule has 20 heavy (non-hydrogen) atoms. The van der Waals surface area contributed by atoms with Gasteiger partial charge in [-0.1, -0.05) is 65.7 Å². The molecule has 4 heteroatoms. The van der Waals surface area contributed by atoms with Crippen LogP contribution in [0.1, 0.15) is 78.0 Å². The molecule has 0 saturated carbocycles. The Morgan fingerprint density at radius 1 is 1.05 bits per heavy atom. The van der Waals surface area contributed by atoms with Crippen molar-refractivity contribution in [2.45, 2.75) is 91.3 Å². The van der Waals surface area contributed by atoms with Crippen LogP contribution in [0.2, 0.25) is 0 Å². The van der Waals surface area contributed by atoms with Gasteiger partial charge in [-0.15, -0.1) is 0 Å². The maximum atomic E-state index is 4.33. The van der Waals surface area contributed by atoms with Crippen LogP contribution in [0.5, 0.6) is 0 Å². The fourth-order valence-electron chi connectivity index (χ4n) is 2.30. The van der Waals surface area contributed by atoms with Crippen molar-refractivity contribution in [1.29, 1.82) is 0 Å². The Morgan fingerprint density at radius 3 is 2.35 bits per heavy atom. The van der Waals surface area contributed by atoms with Crippen LogP contribution < -0.4 is 5.32 Å². The number of nitrogens with one attached hydrogen (secondary N) is 1. The summed E-state index contributed by atoms with van der Waals surface area (Å²) in [5.41, 5.74) is 0. The first-order valence-electron chi connectivity index (χ1n) is 8.34. The van der Waals surface area contributed by atoms with Gasteiger partial charge in [-0.05, 0) is 6.42 Å². The second-order valence-electron chi connectivity index (χ2n) is 5.91. The van der Waals surface area contributed by atoms with E-state index in [1.807, 2.05) is 4.68 Å². The highest BCUT2D eigenvalue weighted by molar-refractivity contribution is 4.84. The van der Waals surface area contributed by atoms with Crippen LogP contribution in [0.25, 0.3) is 0 Å². The van der Waals surface area contributed by atoms with E-state index in [9.17, 15) is 0 Å². The summed E-state index contributed by atoms with van der Waals surface area (Å²) in [6.45, 7) is 8.39. The van der Waals surface area contributed by atoms with Crippen molar-refractivity contribution < 1.29 is 0 Å². The van der Waals surface area contributed by atoms with Gasteiger partial charge in [0.05, 0.1) is 6.54 Å². The molecule has 0 saturated heterocycles. The third-order valence-electron chi connectivity index (χ3n) is 3.59. The smallest absolute Gasteiger partial charge is 0.140 e. The lowest BCUT2D eigenvalue weighted by molar-refractivity contribution is 0.486. The maximum absolute atomic E-state index is 4.33. The van der Waals surface area contributed by atoms with E-state index in [-0.39, 0.29) is 0 Å². The third kappa shape index (κ3) is 7.63. The van der Waals surface area contributed by atoms with Crippen LogP contribution >= 0.6 is 0 Å². The summed E-state index contributed by atoms with van der Waals surface area (Å²) in [6, 6.07) is 0.489. The molecule has 0 aliphatic rings. The molecule has 0 amide bonds.